The predicted octanol–water partition coefficient (Wildman–Crippen LogP) is 1.08. The van der Waals surface area contributed by atoms with Crippen LogP contribution in [0.2, 0.25) is 0 Å². The number of aromatic amines is 1. The minimum Gasteiger partial charge on any atom is -0.478 e. The molecule has 0 spiro atoms. The average Bonchev–Trinajstić information content (AvgIpc) is 2.53. The highest BCUT2D eigenvalue weighted by molar-refractivity contribution is 5.95. The lowest BCUT2D eigenvalue weighted by atomic mass is 9.96. The van der Waals surface area contributed by atoms with Gasteiger partial charge in [0.05, 0.1) is 10.9 Å². The molecule has 0 amide bonds. The Balaban J connectivity index is 2.98. The van der Waals surface area contributed by atoms with Crippen molar-refractivity contribution in [3.05, 3.63) is 27.7 Å². The van der Waals surface area contributed by atoms with Crippen LogP contribution in [0.5, 0.6) is 0 Å². The summed E-state index contributed by atoms with van der Waals surface area (Å²) >= 11 is 0. The quantitative estimate of drug-likeness (QED) is 0.815. The Labute approximate surface area is 96.9 Å². The number of hydrogen-bond acceptors (Lipinski definition) is 3. The third-order valence-electron chi connectivity index (χ3n) is 2.72. The molecule has 0 aromatic carbocycles. The van der Waals surface area contributed by atoms with E-state index in [1.807, 2.05) is 13.8 Å². The number of carboxylic acids is 1. The molecule has 2 aromatic heterocycles. The maximum Gasteiger partial charge on any atom is 0.337 e. The topological polar surface area (TPSA) is 88.0 Å². The largest absolute Gasteiger partial charge is 0.478 e. The Morgan fingerprint density at radius 1 is 1.53 bits per heavy atom. The van der Waals surface area contributed by atoms with Gasteiger partial charge in [-0.05, 0) is 11.5 Å². The summed E-state index contributed by atoms with van der Waals surface area (Å²) in [5.74, 6) is -1.12. The molecule has 0 aliphatic rings. The Bertz CT molecular complexity index is 652. The van der Waals surface area contributed by atoms with Crippen molar-refractivity contribution in [1.82, 2.24) is 14.8 Å². The number of aromatic carboxylic acids is 1. The van der Waals surface area contributed by atoms with Gasteiger partial charge in [-0.15, -0.1) is 0 Å². The molecule has 2 rings (SSSR count). The molecule has 6 nitrogen and oxygen atoms in total. The number of fused-ring (bicyclic) bond motifs is 1. The highest BCUT2D eigenvalue weighted by Gasteiger charge is 2.20. The van der Waals surface area contributed by atoms with Crippen LogP contribution >= 0.6 is 0 Å². The Kier molecular flexibility index (Phi) is 2.49. The van der Waals surface area contributed by atoms with Crippen LogP contribution in [-0.4, -0.2) is 25.8 Å². The summed E-state index contributed by atoms with van der Waals surface area (Å²) < 4.78 is 1.50. The molecule has 2 N–H and O–H groups in total. The number of nitrogens with one attached hydrogen (secondary N) is 1. The van der Waals surface area contributed by atoms with Crippen molar-refractivity contribution in [3.63, 3.8) is 0 Å². The number of nitrogens with zero attached hydrogens (tertiary/aromatic N) is 2. The van der Waals surface area contributed by atoms with Crippen molar-refractivity contribution in [1.29, 1.82) is 0 Å². The molecule has 0 bridgehead atoms. The molecule has 2 heterocycles. The van der Waals surface area contributed by atoms with Crippen LogP contribution in [0.15, 0.2) is 11.0 Å². The smallest absolute Gasteiger partial charge is 0.337 e. The first-order valence-electron chi connectivity index (χ1n) is 5.24. The predicted molar refractivity (Wildman–Crippen MR) is 62.4 cm³/mol. The molecule has 0 radical (unpaired) electrons. The van der Waals surface area contributed by atoms with Gasteiger partial charge in [0.1, 0.15) is 0 Å². The van der Waals surface area contributed by atoms with Gasteiger partial charge in [0.15, 0.2) is 5.65 Å². The zero-order valence-corrected chi connectivity index (χ0v) is 9.81. The molecule has 0 aliphatic carbocycles. The first kappa shape index (κ1) is 11.4. The van der Waals surface area contributed by atoms with Crippen LogP contribution in [0.3, 0.4) is 0 Å². The molecule has 0 unspecified atom stereocenters. The maximum atomic E-state index is 11.8. The van der Waals surface area contributed by atoms with Gasteiger partial charge >= 0.3 is 5.97 Å². The van der Waals surface area contributed by atoms with Crippen molar-refractivity contribution in [2.75, 3.05) is 0 Å². The second kappa shape index (κ2) is 3.73. The van der Waals surface area contributed by atoms with E-state index >= 15 is 0 Å². The molecule has 0 saturated carbocycles. The maximum absolute atomic E-state index is 11.8. The fourth-order valence-electron chi connectivity index (χ4n) is 2.02. The van der Waals surface area contributed by atoms with E-state index in [0.717, 1.165) is 0 Å². The molecule has 0 aliphatic heterocycles. The van der Waals surface area contributed by atoms with E-state index in [-0.39, 0.29) is 17.0 Å². The Morgan fingerprint density at radius 2 is 2.18 bits per heavy atom. The van der Waals surface area contributed by atoms with E-state index in [1.165, 1.54) is 10.9 Å². The van der Waals surface area contributed by atoms with Gasteiger partial charge in [-0.2, -0.15) is 0 Å². The van der Waals surface area contributed by atoms with E-state index < -0.39 is 5.97 Å². The molecule has 90 valence electrons. The number of aryl methyl sites for hydroxylation is 1. The lowest BCUT2D eigenvalue weighted by Crippen LogP contribution is -2.09. The summed E-state index contributed by atoms with van der Waals surface area (Å²) in [7, 11) is 1.67. The molecular formula is C11H13N3O3. The molecule has 17 heavy (non-hydrogen) atoms. The van der Waals surface area contributed by atoms with Gasteiger partial charge < -0.3 is 5.11 Å². The van der Waals surface area contributed by atoms with Crippen molar-refractivity contribution in [2.45, 2.75) is 19.8 Å². The highest BCUT2D eigenvalue weighted by atomic mass is 16.4. The number of hydrogen-bond donors (Lipinski definition) is 2. The SMILES string of the molecule is CC(C)c1c(C(=O)O)cnc2c1c(=O)[nH]n2C. The lowest BCUT2D eigenvalue weighted by Gasteiger charge is -2.09. The summed E-state index contributed by atoms with van der Waals surface area (Å²) in [4.78, 5) is 26.9. The summed E-state index contributed by atoms with van der Waals surface area (Å²) in [6.07, 6.45) is 1.30. The number of aromatic nitrogens is 3. The second-order valence-electron chi connectivity index (χ2n) is 4.24. The molecule has 0 saturated heterocycles. The number of pyridine rings is 1. The highest BCUT2D eigenvalue weighted by Crippen LogP contribution is 2.25. The lowest BCUT2D eigenvalue weighted by molar-refractivity contribution is 0.0695. The van der Waals surface area contributed by atoms with Gasteiger partial charge in [0.2, 0.25) is 0 Å². The van der Waals surface area contributed by atoms with Crippen molar-refractivity contribution < 1.29 is 9.90 Å². The normalized spacial score (nSPS) is 11.3. The summed E-state index contributed by atoms with van der Waals surface area (Å²) in [6, 6.07) is 0. The van der Waals surface area contributed by atoms with Gasteiger partial charge in [0, 0.05) is 13.2 Å². The van der Waals surface area contributed by atoms with Crippen LogP contribution in [-0.2, 0) is 7.05 Å². The minimum atomic E-state index is -1.06. The number of rotatable bonds is 2. The average molecular weight is 235 g/mol. The zero-order valence-electron chi connectivity index (χ0n) is 9.81. The number of H-pyrrole nitrogens is 1. The third-order valence-corrected chi connectivity index (χ3v) is 2.72. The molecular weight excluding hydrogens is 222 g/mol. The van der Waals surface area contributed by atoms with Crippen LogP contribution < -0.4 is 5.56 Å². The summed E-state index contributed by atoms with van der Waals surface area (Å²) in [5.41, 5.74) is 0.791. The molecule has 0 fully saturated rings. The first-order chi connectivity index (χ1) is 7.93. The zero-order chi connectivity index (χ0) is 12.7. The van der Waals surface area contributed by atoms with E-state index in [9.17, 15) is 9.59 Å². The fraction of sp³-hybridized carbons (Fsp3) is 0.364. The van der Waals surface area contributed by atoms with Crippen molar-refractivity contribution >= 4 is 17.0 Å². The molecule has 2 aromatic rings. The van der Waals surface area contributed by atoms with Crippen LogP contribution in [0.25, 0.3) is 11.0 Å². The number of carbonyl (C=O) groups is 1. The van der Waals surface area contributed by atoms with Crippen molar-refractivity contribution in [3.8, 4) is 0 Å². The Hall–Kier alpha value is -2.11. The van der Waals surface area contributed by atoms with Crippen LogP contribution in [0.1, 0.15) is 35.7 Å². The van der Waals surface area contributed by atoms with Crippen molar-refractivity contribution in [2.24, 2.45) is 7.05 Å². The van der Waals surface area contributed by atoms with E-state index in [0.29, 0.717) is 16.6 Å². The van der Waals surface area contributed by atoms with Crippen LogP contribution in [0.4, 0.5) is 0 Å². The Morgan fingerprint density at radius 3 is 2.71 bits per heavy atom. The van der Waals surface area contributed by atoms with Gasteiger partial charge in [-0.1, -0.05) is 13.8 Å². The van der Waals surface area contributed by atoms with Gasteiger partial charge in [-0.25, -0.2) is 9.78 Å². The summed E-state index contributed by atoms with van der Waals surface area (Å²) in [6.45, 7) is 3.71. The van der Waals surface area contributed by atoms with E-state index in [2.05, 4.69) is 10.1 Å². The minimum absolute atomic E-state index is 0.0601. The fourth-order valence-corrected chi connectivity index (χ4v) is 2.02. The first-order valence-corrected chi connectivity index (χ1v) is 5.24. The molecule has 0 atom stereocenters. The third kappa shape index (κ3) is 1.61. The van der Waals surface area contributed by atoms with Gasteiger partial charge in [0.25, 0.3) is 5.56 Å². The monoisotopic (exact) mass is 235 g/mol. The number of carboxylic acid groups (broad SMARTS) is 1. The van der Waals surface area contributed by atoms with E-state index in [1.54, 1.807) is 7.05 Å². The van der Waals surface area contributed by atoms with Gasteiger partial charge in [-0.3, -0.25) is 14.6 Å². The molecule has 6 heteroatoms. The van der Waals surface area contributed by atoms with Crippen LogP contribution in [0, 0.1) is 0 Å². The second-order valence-corrected chi connectivity index (χ2v) is 4.24. The summed E-state index contributed by atoms with van der Waals surface area (Å²) in [5, 5.41) is 12.1. The van der Waals surface area contributed by atoms with E-state index in [4.69, 9.17) is 5.11 Å². The standard InChI is InChI=1S/C11H13N3O3/c1-5(2)7-6(11(16)17)4-12-9-8(7)10(15)13-14(9)3/h4-5H,1-3H3,(H,13,15)(H,16,17).